The predicted octanol–water partition coefficient (Wildman–Crippen LogP) is 3.10. The molecule has 0 aliphatic heterocycles. The van der Waals surface area contributed by atoms with Crippen molar-refractivity contribution in [3.05, 3.63) is 41.3 Å². The molecule has 0 radical (unpaired) electrons. The lowest BCUT2D eigenvalue weighted by atomic mass is 10.1. The molecule has 0 spiro atoms. The van der Waals surface area contributed by atoms with E-state index in [9.17, 15) is 4.79 Å². The number of hydrogen-bond acceptors (Lipinski definition) is 5. The lowest BCUT2D eigenvalue weighted by Gasteiger charge is -2.14. The minimum atomic E-state index is -0.257. The van der Waals surface area contributed by atoms with Crippen molar-refractivity contribution in [1.82, 2.24) is 0 Å². The van der Waals surface area contributed by atoms with Crippen LogP contribution in [0, 0.1) is 0 Å². The molecular weight excluding hydrogens is 272 g/mol. The third-order valence-electron chi connectivity index (χ3n) is 3.18. The standard InChI is InChI=1S/C16H18O5/c1-5-10-6-8-12(21-10)14(17)11-7-9-13(18-2)16(20-4)15(11)19-3/h6-9H,5H2,1-4H3. The van der Waals surface area contributed by atoms with Gasteiger partial charge in [0.1, 0.15) is 5.76 Å². The summed E-state index contributed by atoms with van der Waals surface area (Å²) in [5.74, 6) is 1.99. The van der Waals surface area contributed by atoms with Crippen LogP contribution >= 0.6 is 0 Å². The summed E-state index contributed by atoms with van der Waals surface area (Å²) in [6.07, 6.45) is 0.732. The summed E-state index contributed by atoms with van der Waals surface area (Å²) in [5.41, 5.74) is 0.368. The molecule has 0 aliphatic rings. The van der Waals surface area contributed by atoms with Crippen molar-refractivity contribution in [3.63, 3.8) is 0 Å². The number of benzene rings is 1. The van der Waals surface area contributed by atoms with Crippen LogP contribution in [0.2, 0.25) is 0 Å². The molecule has 0 atom stereocenters. The number of hydrogen-bond donors (Lipinski definition) is 0. The highest BCUT2D eigenvalue weighted by atomic mass is 16.5. The molecular formula is C16H18O5. The maximum Gasteiger partial charge on any atom is 0.232 e. The molecule has 0 aliphatic carbocycles. The normalized spacial score (nSPS) is 10.3. The zero-order valence-electron chi connectivity index (χ0n) is 12.6. The van der Waals surface area contributed by atoms with Gasteiger partial charge in [-0.3, -0.25) is 4.79 Å². The molecule has 2 aromatic rings. The molecule has 0 unspecified atom stereocenters. The van der Waals surface area contributed by atoms with Crippen molar-refractivity contribution in [2.45, 2.75) is 13.3 Å². The molecule has 0 amide bonds. The van der Waals surface area contributed by atoms with E-state index in [1.54, 1.807) is 24.3 Å². The van der Waals surface area contributed by atoms with Crippen molar-refractivity contribution in [3.8, 4) is 17.2 Å². The van der Waals surface area contributed by atoms with Gasteiger partial charge in [-0.05, 0) is 24.3 Å². The average Bonchev–Trinajstić information content (AvgIpc) is 3.01. The van der Waals surface area contributed by atoms with Crippen LogP contribution < -0.4 is 14.2 Å². The number of furan rings is 1. The zero-order chi connectivity index (χ0) is 15.4. The van der Waals surface area contributed by atoms with Gasteiger partial charge >= 0.3 is 0 Å². The second-order valence-corrected chi connectivity index (χ2v) is 4.33. The highest BCUT2D eigenvalue weighted by molar-refractivity contribution is 6.09. The van der Waals surface area contributed by atoms with Crippen LogP contribution in [0.4, 0.5) is 0 Å². The van der Waals surface area contributed by atoms with Crippen LogP contribution in [-0.2, 0) is 6.42 Å². The number of ketones is 1. The molecule has 2 rings (SSSR count). The summed E-state index contributed by atoms with van der Waals surface area (Å²) in [5, 5.41) is 0. The highest BCUT2D eigenvalue weighted by Gasteiger charge is 2.23. The van der Waals surface area contributed by atoms with Crippen LogP contribution in [-0.4, -0.2) is 27.1 Å². The van der Waals surface area contributed by atoms with Crippen LogP contribution in [0.3, 0.4) is 0 Å². The van der Waals surface area contributed by atoms with Gasteiger partial charge in [0, 0.05) is 6.42 Å². The highest BCUT2D eigenvalue weighted by Crippen LogP contribution is 2.40. The van der Waals surface area contributed by atoms with Gasteiger partial charge in [0.05, 0.1) is 26.9 Å². The molecule has 0 saturated heterocycles. The smallest absolute Gasteiger partial charge is 0.232 e. The first kappa shape index (κ1) is 15.0. The zero-order valence-corrected chi connectivity index (χ0v) is 12.6. The van der Waals surface area contributed by atoms with Crippen LogP contribution in [0.15, 0.2) is 28.7 Å². The monoisotopic (exact) mass is 290 g/mol. The number of ether oxygens (including phenoxy) is 3. The SMILES string of the molecule is CCc1ccc(C(=O)c2ccc(OC)c(OC)c2OC)o1. The minimum Gasteiger partial charge on any atom is -0.493 e. The Bertz CT molecular complexity index is 642. The fraction of sp³-hybridized carbons (Fsp3) is 0.312. The molecule has 0 N–H and O–H groups in total. The largest absolute Gasteiger partial charge is 0.493 e. The molecule has 21 heavy (non-hydrogen) atoms. The average molecular weight is 290 g/mol. The van der Waals surface area contributed by atoms with Gasteiger partial charge in [-0.25, -0.2) is 0 Å². The number of carbonyl (C=O) groups is 1. The first-order valence-electron chi connectivity index (χ1n) is 6.58. The van der Waals surface area contributed by atoms with Gasteiger partial charge in [0.2, 0.25) is 11.5 Å². The van der Waals surface area contributed by atoms with Crippen molar-refractivity contribution in [1.29, 1.82) is 0 Å². The maximum absolute atomic E-state index is 12.6. The summed E-state index contributed by atoms with van der Waals surface area (Å²) in [6, 6.07) is 6.76. The Morgan fingerprint density at radius 3 is 2.24 bits per heavy atom. The lowest BCUT2D eigenvalue weighted by Crippen LogP contribution is -2.05. The van der Waals surface area contributed by atoms with E-state index in [0.717, 1.165) is 12.2 Å². The molecule has 5 heteroatoms. The molecule has 112 valence electrons. The number of methoxy groups -OCH3 is 3. The molecule has 0 saturated carbocycles. The Kier molecular flexibility index (Phi) is 4.52. The topological polar surface area (TPSA) is 57.9 Å². The van der Waals surface area contributed by atoms with Crippen molar-refractivity contribution < 1.29 is 23.4 Å². The molecule has 5 nitrogen and oxygen atoms in total. The van der Waals surface area contributed by atoms with Gasteiger partial charge in [-0.15, -0.1) is 0 Å². The Morgan fingerprint density at radius 2 is 1.71 bits per heavy atom. The minimum absolute atomic E-state index is 0.257. The Balaban J connectivity index is 2.50. The molecule has 0 bridgehead atoms. The van der Waals surface area contributed by atoms with E-state index in [0.29, 0.717) is 22.8 Å². The van der Waals surface area contributed by atoms with E-state index in [1.807, 2.05) is 6.92 Å². The third-order valence-corrected chi connectivity index (χ3v) is 3.18. The second kappa shape index (κ2) is 6.35. The van der Waals surface area contributed by atoms with Gasteiger partial charge < -0.3 is 18.6 Å². The Labute approximate surface area is 123 Å². The first-order valence-corrected chi connectivity index (χ1v) is 6.58. The van der Waals surface area contributed by atoms with Crippen molar-refractivity contribution >= 4 is 5.78 Å². The number of rotatable bonds is 6. The van der Waals surface area contributed by atoms with Gasteiger partial charge in [0.15, 0.2) is 17.3 Å². The van der Waals surface area contributed by atoms with E-state index in [4.69, 9.17) is 18.6 Å². The number of aryl methyl sites for hydroxylation is 1. The quantitative estimate of drug-likeness (QED) is 0.765. The van der Waals surface area contributed by atoms with Crippen LogP contribution in [0.25, 0.3) is 0 Å². The fourth-order valence-electron chi connectivity index (χ4n) is 2.10. The van der Waals surface area contributed by atoms with E-state index in [1.165, 1.54) is 21.3 Å². The summed E-state index contributed by atoms with van der Waals surface area (Å²) in [6.45, 7) is 1.96. The summed E-state index contributed by atoms with van der Waals surface area (Å²) in [7, 11) is 4.50. The van der Waals surface area contributed by atoms with Gasteiger partial charge in [0.25, 0.3) is 0 Å². The Morgan fingerprint density at radius 1 is 1.00 bits per heavy atom. The van der Waals surface area contributed by atoms with E-state index < -0.39 is 0 Å². The Hall–Kier alpha value is -2.43. The molecule has 1 aromatic heterocycles. The van der Waals surface area contributed by atoms with Gasteiger partial charge in [-0.2, -0.15) is 0 Å². The molecule has 1 heterocycles. The summed E-state index contributed by atoms with van der Waals surface area (Å²) < 4.78 is 21.3. The first-order chi connectivity index (χ1) is 10.2. The summed E-state index contributed by atoms with van der Waals surface area (Å²) >= 11 is 0. The predicted molar refractivity (Wildman–Crippen MR) is 77.6 cm³/mol. The number of carbonyl (C=O) groups excluding carboxylic acids is 1. The summed E-state index contributed by atoms with van der Waals surface area (Å²) in [4.78, 5) is 12.6. The van der Waals surface area contributed by atoms with Gasteiger partial charge in [-0.1, -0.05) is 6.92 Å². The van der Waals surface area contributed by atoms with E-state index >= 15 is 0 Å². The van der Waals surface area contributed by atoms with E-state index in [-0.39, 0.29) is 11.5 Å². The molecule has 1 aromatic carbocycles. The van der Waals surface area contributed by atoms with E-state index in [2.05, 4.69) is 0 Å². The maximum atomic E-state index is 12.6. The van der Waals surface area contributed by atoms with Crippen LogP contribution in [0.5, 0.6) is 17.2 Å². The van der Waals surface area contributed by atoms with Crippen molar-refractivity contribution in [2.75, 3.05) is 21.3 Å². The van der Waals surface area contributed by atoms with Crippen molar-refractivity contribution in [2.24, 2.45) is 0 Å². The third kappa shape index (κ3) is 2.72. The second-order valence-electron chi connectivity index (χ2n) is 4.33. The van der Waals surface area contributed by atoms with Crippen LogP contribution in [0.1, 0.15) is 28.8 Å². The lowest BCUT2D eigenvalue weighted by molar-refractivity contribution is 0.100. The fourth-order valence-corrected chi connectivity index (χ4v) is 2.10. The molecule has 0 fully saturated rings.